The molecule has 2 N–H and O–H groups in total. The van der Waals surface area contributed by atoms with Crippen LogP contribution in [-0.4, -0.2) is 44.0 Å². The number of benzene rings is 1. The van der Waals surface area contributed by atoms with E-state index in [9.17, 15) is 14.7 Å². The molecule has 7 heteroatoms. The topological polar surface area (TPSA) is 77.8 Å². The second-order valence-corrected chi connectivity index (χ2v) is 7.09. The van der Waals surface area contributed by atoms with Gasteiger partial charge in [0.25, 0.3) is 5.91 Å². The summed E-state index contributed by atoms with van der Waals surface area (Å²) in [5.41, 5.74) is 2.03. The van der Waals surface area contributed by atoms with Crippen molar-refractivity contribution in [1.82, 2.24) is 4.90 Å². The van der Waals surface area contributed by atoms with Crippen LogP contribution in [0.15, 0.2) is 29.2 Å². The van der Waals surface area contributed by atoms with Crippen LogP contribution < -0.4 is 0 Å². The lowest BCUT2D eigenvalue weighted by atomic mass is 10.0. The van der Waals surface area contributed by atoms with Gasteiger partial charge < -0.3 is 10.2 Å². The Labute approximate surface area is 144 Å². The van der Waals surface area contributed by atoms with Gasteiger partial charge in [0.15, 0.2) is 6.04 Å². The zero-order valence-corrected chi connectivity index (χ0v) is 14.4. The van der Waals surface area contributed by atoms with Crippen molar-refractivity contribution in [2.24, 2.45) is 0 Å². The molecule has 1 aliphatic rings. The van der Waals surface area contributed by atoms with E-state index < -0.39 is 24.5 Å². The van der Waals surface area contributed by atoms with Crippen LogP contribution >= 0.6 is 24.0 Å². The monoisotopic (exact) mass is 351 g/mol. The molecule has 0 saturated carbocycles. The van der Waals surface area contributed by atoms with Crippen molar-refractivity contribution in [3.05, 3.63) is 40.3 Å². The summed E-state index contributed by atoms with van der Waals surface area (Å²) >= 11 is 6.12. The van der Waals surface area contributed by atoms with E-state index in [1.54, 1.807) is 6.08 Å². The number of aliphatic hydroxyl groups is 1. The fourth-order valence-electron chi connectivity index (χ4n) is 2.15. The maximum Gasteiger partial charge on any atom is 0.329 e. The number of thioether (sulfide) groups is 1. The summed E-state index contributed by atoms with van der Waals surface area (Å²) in [5, 5.41) is 18.3. The average Bonchev–Trinajstić information content (AvgIpc) is 2.76. The normalized spacial score (nSPS) is 18.1. The molecule has 0 unspecified atom stereocenters. The highest BCUT2D eigenvalue weighted by Gasteiger charge is 2.40. The molecule has 0 spiro atoms. The lowest BCUT2D eigenvalue weighted by Gasteiger charge is -2.20. The molecule has 0 aliphatic carbocycles. The first kappa shape index (κ1) is 17.7. The summed E-state index contributed by atoms with van der Waals surface area (Å²) in [4.78, 5) is 24.8. The van der Waals surface area contributed by atoms with Crippen molar-refractivity contribution in [1.29, 1.82) is 0 Å². The smallest absolute Gasteiger partial charge is 0.329 e. The summed E-state index contributed by atoms with van der Waals surface area (Å²) < 4.78 is 0.140. The lowest BCUT2D eigenvalue weighted by molar-refractivity contribution is -0.146. The first-order valence-corrected chi connectivity index (χ1v) is 8.28. The average molecular weight is 351 g/mol. The molecule has 0 aromatic heterocycles. The van der Waals surface area contributed by atoms with Gasteiger partial charge in [-0.2, -0.15) is 0 Å². The van der Waals surface area contributed by atoms with E-state index in [-0.39, 0.29) is 4.32 Å². The third-order valence-corrected chi connectivity index (χ3v) is 4.82. The number of carboxylic acids is 1. The Hall–Kier alpha value is -1.70. The van der Waals surface area contributed by atoms with Gasteiger partial charge in [-0.25, -0.2) is 4.79 Å². The van der Waals surface area contributed by atoms with E-state index in [1.165, 1.54) is 5.56 Å². The number of amides is 1. The molecule has 23 heavy (non-hydrogen) atoms. The summed E-state index contributed by atoms with van der Waals surface area (Å²) in [5.74, 6) is -1.36. The molecule has 1 heterocycles. The minimum Gasteiger partial charge on any atom is -0.480 e. The van der Waals surface area contributed by atoms with Gasteiger partial charge in [-0.1, -0.05) is 62.1 Å². The van der Waals surface area contributed by atoms with Gasteiger partial charge in [0.1, 0.15) is 4.32 Å². The molecule has 122 valence electrons. The fourth-order valence-corrected chi connectivity index (χ4v) is 3.50. The third-order valence-electron chi connectivity index (χ3n) is 3.49. The number of aliphatic carboxylic acids is 1. The molecular formula is C16H17NO4S2. The van der Waals surface area contributed by atoms with Crippen LogP contribution in [-0.2, 0) is 9.59 Å². The van der Waals surface area contributed by atoms with Crippen LogP contribution in [0.4, 0.5) is 0 Å². The Balaban J connectivity index is 2.26. The molecule has 2 rings (SSSR count). The van der Waals surface area contributed by atoms with Gasteiger partial charge in [0.05, 0.1) is 11.5 Å². The number of thiocarbonyl (C=S) groups is 1. The Morgan fingerprint density at radius 1 is 1.35 bits per heavy atom. The second-order valence-electron chi connectivity index (χ2n) is 5.41. The first-order valence-electron chi connectivity index (χ1n) is 7.05. The van der Waals surface area contributed by atoms with Gasteiger partial charge in [0.2, 0.25) is 0 Å². The van der Waals surface area contributed by atoms with Crippen LogP contribution in [0.1, 0.15) is 30.9 Å². The predicted octanol–water partition coefficient (Wildman–Crippen LogP) is 2.46. The van der Waals surface area contributed by atoms with Gasteiger partial charge in [0, 0.05) is 0 Å². The fraction of sp³-hybridized carbons (Fsp3) is 0.312. The summed E-state index contributed by atoms with van der Waals surface area (Å²) in [6, 6.07) is 6.44. The van der Waals surface area contributed by atoms with Crippen LogP contribution in [0, 0.1) is 0 Å². The molecule has 0 bridgehead atoms. The van der Waals surface area contributed by atoms with Crippen molar-refractivity contribution < 1.29 is 19.8 Å². The quantitative estimate of drug-likeness (QED) is 0.627. The number of nitrogens with zero attached hydrogens (tertiary/aromatic N) is 1. The number of carbonyl (C=O) groups is 2. The zero-order valence-electron chi connectivity index (χ0n) is 12.7. The minimum absolute atomic E-state index is 0.140. The van der Waals surface area contributed by atoms with Crippen LogP contribution in [0.2, 0.25) is 0 Å². The molecule has 0 radical (unpaired) electrons. The van der Waals surface area contributed by atoms with Crippen molar-refractivity contribution in [2.75, 3.05) is 6.61 Å². The van der Waals surface area contributed by atoms with Crippen molar-refractivity contribution in [2.45, 2.75) is 25.8 Å². The van der Waals surface area contributed by atoms with Gasteiger partial charge in [-0.15, -0.1) is 0 Å². The minimum atomic E-state index is -1.35. The highest BCUT2D eigenvalue weighted by atomic mass is 32.2. The highest BCUT2D eigenvalue weighted by molar-refractivity contribution is 8.26. The molecule has 1 aromatic carbocycles. The molecule has 1 aliphatic heterocycles. The van der Waals surface area contributed by atoms with E-state index in [0.717, 1.165) is 22.2 Å². The van der Waals surface area contributed by atoms with Crippen molar-refractivity contribution in [3.8, 4) is 0 Å². The standard InChI is InChI=1S/C16H17NO4S2/c1-9(2)11-5-3-10(4-6-11)7-13-14(19)17(16(22)23-13)12(8-18)15(20)21/h3-7,9,12,18H,8H2,1-2H3,(H,20,21)/b13-7-/t12-/m0/s1. The van der Waals surface area contributed by atoms with Crippen LogP contribution in [0.3, 0.4) is 0 Å². The van der Waals surface area contributed by atoms with Crippen molar-refractivity contribution >= 4 is 46.3 Å². The lowest BCUT2D eigenvalue weighted by Crippen LogP contribution is -2.46. The maximum atomic E-state index is 12.4. The Bertz CT molecular complexity index is 667. The maximum absolute atomic E-state index is 12.4. The van der Waals surface area contributed by atoms with Crippen LogP contribution in [0.25, 0.3) is 6.08 Å². The number of carbonyl (C=O) groups excluding carboxylic acids is 1. The first-order chi connectivity index (χ1) is 10.8. The number of hydrogen-bond acceptors (Lipinski definition) is 5. The summed E-state index contributed by atoms with van der Waals surface area (Å²) in [6.45, 7) is 3.51. The van der Waals surface area contributed by atoms with Crippen molar-refractivity contribution in [3.63, 3.8) is 0 Å². The molecule has 1 fully saturated rings. The molecule has 1 saturated heterocycles. The predicted molar refractivity (Wildman–Crippen MR) is 94.1 cm³/mol. The highest BCUT2D eigenvalue weighted by Crippen LogP contribution is 2.34. The second kappa shape index (κ2) is 7.25. The molecule has 1 atom stereocenters. The Kier molecular flexibility index (Phi) is 5.56. The Morgan fingerprint density at radius 3 is 2.43 bits per heavy atom. The molecular weight excluding hydrogens is 334 g/mol. The third kappa shape index (κ3) is 3.80. The molecule has 1 amide bonds. The number of hydrogen-bond donors (Lipinski definition) is 2. The Morgan fingerprint density at radius 2 is 1.96 bits per heavy atom. The molecule has 1 aromatic rings. The van der Waals surface area contributed by atoms with E-state index in [0.29, 0.717) is 10.8 Å². The molecule has 5 nitrogen and oxygen atoms in total. The van der Waals surface area contributed by atoms with Crippen LogP contribution in [0.5, 0.6) is 0 Å². The van der Waals surface area contributed by atoms with E-state index >= 15 is 0 Å². The summed E-state index contributed by atoms with van der Waals surface area (Å²) in [7, 11) is 0. The van der Waals surface area contributed by atoms with E-state index in [1.807, 2.05) is 24.3 Å². The number of rotatable bonds is 5. The van der Waals surface area contributed by atoms with Gasteiger partial charge in [-0.05, 0) is 23.1 Å². The van der Waals surface area contributed by atoms with E-state index in [2.05, 4.69) is 13.8 Å². The summed E-state index contributed by atoms with van der Waals surface area (Å²) in [6.07, 6.45) is 1.68. The van der Waals surface area contributed by atoms with E-state index in [4.69, 9.17) is 17.3 Å². The largest absolute Gasteiger partial charge is 0.480 e. The zero-order chi connectivity index (χ0) is 17.1. The van der Waals surface area contributed by atoms with Gasteiger partial charge >= 0.3 is 5.97 Å². The van der Waals surface area contributed by atoms with Gasteiger partial charge in [-0.3, -0.25) is 9.69 Å². The number of carboxylic acid groups (broad SMARTS) is 1. The SMILES string of the molecule is CC(C)c1ccc(/C=C2\SC(=S)N([C@@H](CO)C(=O)O)C2=O)cc1. The number of aliphatic hydroxyl groups excluding tert-OH is 1.